The highest BCUT2D eigenvalue weighted by atomic mass is 35.5. The van der Waals surface area contributed by atoms with Crippen molar-refractivity contribution in [1.82, 2.24) is 0 Å². The van der Waals surface area contributed by atoms with Crippen LogP contribution in [-0.2, 0) is 0 Å². The van der Waals surface area contributed by atoms with E-state index >= 15 is 0 Å². The second kappa shape index (κ2) is 6.63. The fourth-order valence-corrected chi connectivity index (χ4v) is 2.89. The number of hydrogen-bond donors (Lipinski definition) is 0. The van der Waals surface area contributed by atoms with Gasteiger partial charge < -0.3 is 4.74 Å². The van der Waals surface area contributed by atoms with E-state index in [-0.39, 0.29) is 25.0 Å². The van der Waals surface area contributed by atoms with Crippen LogP contribution in [-0.4, -0.2) is 6.11 Å². The molecule has 0 bridgehead atoms. The summed E-state index contributed by atoms with van der Waals surface area (Å²) in [7, 11) is 0. The van der Waals surface area contributed by atoms with Gasteiger partial charge in [-0.15, -0.1) is 0 Å². The van der Waals surface area contributed by atoms with Gasteiger partial charge in [-0.2, -0.15) is 8.78 Å². The maximum atomic E-state index is 14.2. The highest BCUT2D eigenvalue weighted by Crippen LogP contribution is 2.46. The monoisotopic (exact) mass is 358 g/mol. The van der Waals surface area contributed by atoms with Crippen molar-refractivity contribution in [2.75, 3.05) is 0 Å². The maximum Gasteiger partial charge on any atom is 0.405 e. The molecule has 8 heteroatoms. The maximum absolute atomic E-state index is 14.2. The molecule has 1 aliphatic carbocycles. The van der Waals surface area contributed by atoms with Gasteiger partial charge in [-0.3, -0.25) is 0 Å². The fourth-order valence-electron chi connectivity index (χ4n) is 2.50. The predicted octanol–water partition coefficient (Wildman–Crippen LogP) is 5.93. The molecule has 0 amide bonds. The normalized spacial score (nSPS) is 22.4. The first-order valence-electron chi connectivity index (χ1n) is 6.93. The van der Waals surface area contributed by atoms with Crippen molar-refractivity contribution in [3.8, 4) is 5.75 Å². The largest absolute Gasteiger partial charge is 0.432 e. The highest BCUT2D eigenvalue weighted by molar-refractivity contribution is 6.30. The summed E-state index contributed by atoms with van der Waals surface area (Å²) in [5.74, 6) is -9.18. The molecule has 0 aromatic heterocycles. The number of hydrogen-bond acceptors (Lipinski definition) is 1. The van der Waals surface area contributed by atoms with E-state index in [1.807, 2.05) is 0 Å². The third-order valence-electron chi connectivity index (χ3n) is 3.81. The van der Waals surface area contributed by atoms with Crippen LogP contribution in [0, 0.1) is 29.3 Å². The first-order valence-corrected chi connectivity index (χ1v) is 7.31. The molecule has 0 fully saturated rings. The highest BCUT2D eigenvalue weighted by Gasteiger charge is 2.48. The molecule has 0 radical (unpaired) electrons. The van der Waals surface area contributed by atoms with E-state index in [0.29, 0.717) is 6.42 Å². The standard InChI is InChI=1S/C15H13ClF6O/c1-2-7-3-4-9(12(16)13(7)19)15(21,22)23-8-5-10(17)14(20)11(18)6-8/h5-7,9H,2-4H2,1H3. The smallest absolute Gasteiger partial charge is 0.405 e. The molecule has 1 aromatic carbocycles. The second-order valence-corrected chi connectivity index (χ2v) is 5.70. The Hall–Kier alpha value is -1.37. The van der Waals surface area contributed by atoms with Gasteiger partial charge in [0, 0.05) is 18.1 Å². The molecule has 0 N–H and O–H groups in total. The van der Waals surface area contributed by atoms with Crippen LogP contribution in [0.1, 0.15) is 26.2 Å². The summed E-state index contributed by atoms with van der Waals surface area (Å²) in [4.78, 5) is 0. The molecule has 128 valence electrons. The lowest BCUT2D eigenvalue weighted by molar-refractivity contribution is -0.209. The van der Waals surface area contributed by atoms with Crippen molar-refractivity contribution < 1.29 is 31.1 Å². The molecule has 2 rings (SSSR count). The Morgan fingerprint density at radius 3 is 2.22 bits per heavy atom. The molecule has 2 atom stereocenters. The molecular weight excluding hydrogens is 346 g/mol. The molecule has 0 saturated carbocycles. The van der Waals surface area contributed by atoms with Crippen molar-refractivity contribution in [3.63, 3.8) is 0 Å². The minimum atomic E-state index is -4.00. The number of ether oxygens (including phenoxy) is 1. The molecule has 1 nitrogen and oxygen atoms in total. The lowest BCUT2D eigenvalue weighted by Gasteiger charge is -2.32. The first kappa shape index (κ1) is 18.0. The summed E-state index contributed by atoms with van der Waals surface area (Å²) in [5, 5.41) is -0.656. The number of benzene rings is 1. The van der Waals surface area contributed by atoms with E-state index in [4.69, 9.17) is 11.6 Å². The summed E-state index contributed by atoms with van der Waals surface area (Å²) in [6.45, 7) is 1.70. The third kappa shape index (κ3) is 3.59. The van der Waals surface area contributed by atoms with Crippen LogP contribution in [0.15, 0.2) is 23.0 Å². The topological polar surface area (TPSA) is 9.23 Å². The summed E-state index contributed by atoms with van der Waals surface area (Å²) >= 11 is 5.68. The van der Waals surface area contributed by atoms with Crippen molar-refractivity contribution >= 4 is 11.6 Å². The quantitative estimate of drug-likeness (QED) is 0.478. The van der Waals surface area contributed by atoms with Crippen LogP contribution >= 0.6 is 11.6 Å². The Morgan fingerprint density at radius 2 is 1.70 bits per heavy atom. The van der Waals surface area contributed by atoms with E-state index < -0.39 is 52.0 Å². The zero-order valence-corrected chi connectivity index (χ0v) is 12.7. The zero-order chi connectivity index (χ0) is 17.4. The average Bonchev–Trinajstić information content (AvgIpc) is 2.46. The molecular formula is C15H13ClF6O. The summed E-state index contributed by atoms with van der Waals surface area (Å²) < 4.78 is 85.5. The molecule has 1 aliphatic rings. The molecule has 0 heterocycles. The van der Waals surface area contributed by atoms with E-state index in [0.717, 1.165) is 0 Å². The Kier molecular flexibility index (Phi) is 5.18. The Balaban J connectivity index is 2.27. The number of halogens is 7. The summed E-state index contributed by atoms with van der Waals surface area (Å²) in [5.41, 5.74) is 0. The first-order chi connectivity index (χ1) is 10.7. The van der Waals surface area contributed by atoms with E-state index in [1.165, 1.54) is 0 Å². The lowest BCUT2D eigenvalue weighted by atomic mass is 9.85. The number of allylic oxidation sites excluding steroid dienone is 1. The molecule has 23 heavy (non-hydrogen) atoms. The molecule has 0 saturated heterocycles. The van der Waals surface area contributed by atoms with Gasteiger partial charge >= 0.3 is 6.11 Å². The molecule has 2 unspecified atom stereocenters. The van der Waals surface area contributed by atoms with Gasteiger partial charge in [-0.05, 0) is 19.3 Å². The number of alkyl halides is 2. The Labute approximate surface area is 133 Å². The van der Waals surface area contributed by atoms with Crippen LogP contribution in [0.4, 0.5) is 26.3 Å². The number of rotatable bonds is 4. The van der Waals surface area contributed by atoms with Gasteiger partial charge in [-0.25, -0.2) is 17.6 Å². The minimum absolute atomic E-state index is 0.147. The minimum Gasteiger partial charge on any atom is -0.432 e. The summed E-state index contributed by atoms with van der Waals surface area (Å²) in [6, 6.07) is 0.579. The second-order valence-electron chi connectivity index (χ2n) is 5.30. The van der Waals surface area contributed by atoms with Crippen molar-refractivity contribution in [2.24, 2.45) is 11.8 Å². The SMILES string of the molecule is CCC1CCC(C(F)(F)Oc2cc(F)c(F)c(F)c2)C(Cl)=C1F. The van der Waals surface area contributed by atoms with Crippen LogP contribution < -0.4 is 4.74 Å². The van der Waals surface area contributed by atoms with Crippen LogP contribution in [0.2, 0.25) is 0 Å². The van der Waals surface area contributed by atoms with Gasteiger partial charge in [-0.1, -0.05) is 18.5 Å². The van der Waals surface area contributed by atoms with Crippen molar-refractivity contribution in [1.29, 1.82) is 0 Å². The molecule has 1 aromatic rings. The Morgan fingerprint density at radius 1 is 1.13 bits per heavy atom. The third-order valence-corrected chi connectivity index (χ3v) is 4.25. The molecule has 0 aliphatic heterocycles. The van der Waals surface area contributed by atoms with Gasteiger partial charge in [0.1, 0.15) is 17.5 Å². The van der Waals surface area contributed by atoms with E-state index in [9.17, 15) is 26.3 Å². The van der Waals surface area contributed by atoms with Gasteiger partial charge in [0.2, 0.25) is 0 Å². The Bertz CT molecular complexity index is 607. The van der Waals surface area contributed by atoms with Crippen LogP contribution in [0.3, 0.4) is 0 Å². The van der Waals surface area contributed by atoms with Crippen molar-refractivity contribution in [3.05, 3.63) is 40.4 Å². The van der Waals surface area contributed by atoms with Gasteiger partial charge in [0.15, 0.2) is 17.5 Å². The van der Waals surface area contributed by atoms with Gasteiger partial charge in [0.25, 0.3) is 0 Å². The van der Waals surface area contributed by atoms with E-state index in [1.54, 1.807) is 6.92 Å². The van der Waals surface area contributed by atoms with Crippen LogP contribution in [0.25, 0.3) is 0 Å². The van der Waals surface area contributed by atoms with Crippen LogP contribution in [0.5, 0.6) is 5.75 Å². The van der Waals surface area contributed by atoms with Gasteiger partial charge in [0.05, 0.1) is 5.03 Å². The van der Waals surface area contributed by atoms with Crippen molar-refractivity contribution in [2.45, 2.75) is 32.3 Å². The van der Waals surface area contributed by atoms with E-state index in [2.05, 4.69) is 4.74 Å². The predicted molar refractivity (Wildman–Crippen MR) is 72.4 cm³/mol. The molecule has 0 spiro atoms. The fraction of sp³-hybridized carbons (Fsp3) is 0.467. The summed E-state index contributed by atoms with van der Waals surface area (Å²) in [6.07, 6.45) is -3.59. The lowest BCUT2D eigenvalue weighted by Crippen LogP contribution is -2.37. The average molecular weight is 359 g/mol. The zero-order valence-electron chi connectivity index (χ0n) is 12.0.